The zero-order valence-electron chi connectivity index (χ0n) is 9.43. The second-order valence-electron chi connectivity index (χ2n) is 4.18. The van der Waals surface area contributed by atoms with Crippen molar-refractivity contribution < 1.29 is 9.53 Å². The van der Waals surface area contributed by atoms with Crippen LogP contribution in [0.15, 0.2) is 0 Å². The van der Waals surface area contributed by atoms with Gasteiger partial charge in [-0.3, -0.25) is 4.79 Å². The van der Waals surface area contributed by atoms with Gasteiger partial charge in [0.15, 0.2) is 0 Å². The molecule has 0 fully saturated rings. The van der Waals surface area contributed by atoms with E-state index in [1.807, 2.05) is 13.8 Å². The summed E-state index contributed by atoms with van der Waals surface area (Å²) >= 11 is 0. The SMILES string of the molecule is CCCCNC(=O)COCC(C)(C)N. The number of nitrogens with two attached hydrogens (primary N) is 1. The molecule has 14 heavy (non-hydrogen) atoms. The van der Waals surface area contributed by atoms with Crippen LogP contribution in [0, 0.1) is 0 Å². The van der Waals surface area contributed by atoms with E-state index in [9.17, 15) is 4.79 Å². The fourth-order valence-electron chi connectivity index (χ4n) is 0.862. The zero-order chi connectivity index (χ0) is 11.0. The van der Waals surface area contributed by atoms with Crippen molar-refractivity contribution in [3.63, 3.8) is 0 Å². The Bertz CT molecular complexity index is 164. The van der Waals surface area contributed by atoms with Crippen molar-refractivity contribution in [1.29, 1.82) is 0 Å². The lowest BCUT2D eigenvalue weighted by Crippen LogP contribution is -2.39. The van der Waals surface area contributed by atoms with Gasteiger partial charge in [-0.2, -0.15) is 0 Å². The average Bonchev–Trinajstić information content (AvgIpc) is 2.02. The summed E-state index contributed by atoms with van der Waals surface area (Å²) in [6.07, 6.45) is 2.09. The summed E-state index contributed by atoms with van der Waals surface area (Å²) < 4.78 is 5.15. The molecule has 0 saturated carbocycles. The van der Waals surface area contributed by atoms with E-state index >= 15 is 0 Å². The van der Waals surface area contributed by atoms with Gasteiger partial charge in [0.2, 0.25) is 5.91 Å². The number of amides is 1. The molecule has 0 aliphatic heterocycles. The first-order valence-corrected chi connectivity index (χ1v) is 5.09. The Hall–Kier alpha value is -0.610. The quantitative estimate of drug-likeness (QED) is 0.596. The summed E-state index contributed by atoms with van der Waals surface area (Å²) in [6.45, 7) is 7.03. The zero-order valence-corrected chi connectivity index (χ0v) is 9.43. The number of carbonyl (C=O) groups is 1. The normalized spacial score (nSPS) is 11.4. The van der Waals surface area contributed by atoms with Crippen LogP contribution in [0.2, 0.25) is 0 Å². The summed E-state index contributed by atoms with van der Waals surface area (Å²) in [5, 5.41) is 2.77. The van der Waals surface area contributed by atoms with Gasteiger partial charge in [0.25, 0.3) is 0 Å². The van der Waals surface area contributed by atoms with E-state index < -0.39 is 0 Å². The van der Waals surface area contributed by atoms with Gasteiger partial charge in [-0.1, -0.05) is 13.3 Å². The van der Waals surface area contributed by atoms with Gasteiger partial charge in [0, 0.05) is 12.1 Å². The Morgan fingerprint density at radius 1 is 1.50 bits per heavy atom. The minimum Gasteiger partial charge on any atom is -0.370 e. The van der Waals surface area contributed by atoms with Crippen molar-refractivity contribution in [2.75, 3.05) is 19.8 Å². The molecule has 0 unspecified atom stereocenters. The summed E-state index contributed by atoms with van der Waals surface area (Å²) in [7, 11) is 0. The number of hydrogen-bond acceptors (Lipinski definition) is 3. The van der Waals surface area contributed by atoms with E-state index in [0.29, 0.717) is 6.61 Å². The smallest absolute Gasteiger partial charge is 0.245 e. The summed E-state index contributed by atoms with van der Waals surface area (Å²) in [6, 6.07) is 0. The minimum atomic E-state index is -0.371. The molecule has 4 heteroatoms. The van der Waals surface area contributed by atoms with Crippen LogP contribution in [0.4, 0.5) is 0 Å². The van der Waals surface area contributed by atoms with Crippen molar-refractivity contribution in [1.82, 2.24) is 5.32 Å². The first-order chi connectivity index (χ1) is 6.45. The predicted molar refractivity (Wildman–Crippen MR) is 57.0 cm³/mol. The number of carbonyl (C=O) groups excluding carboxylic acids is 1. The Labute approximate surface area is 86.2 Å². The standard InChI is InChI=1S/C10H22N2O2/c1-4-5-6-12-9(13)7-14-8-10(2,3)11/h4-8,11H2,1-3H3,(H,12,13). The van der Waals surface area contributed by atoms with Crippen molar-refractivity contribution in [3.05, 3.63) is 0 Å². The largest absolute Gasteiger partial charge is 0.370 e. The first kappa shape index (κ1) is 13.4. The van der Waals surface area contributed by atoms with E-state index in [2.05, 4.69) is 12.2 Å². The topological polar surface area (TPSA) is 64.3 Å². The molecule has 84 valence electrons. The molecule has 0 aromatic rings. The molecule has 1 amide bonds. The van der Waals surface area contributed by atoms with Gasteiger partial charge >= 0.3 is 0 Å². The van der Waals surface area contributed by atoms with Gasteiger partial charge < -0.3 is 15.8 Å². The third-order valence-corrected chi connectivity index (χ3v) is 1.56. The molecule has 0 aliphatic carbocycles. The van der Waals surface area contributed by atoms with Crippen LogP contribution in [0.1, 0.15) is 33.6 Å². The molecule has 0 heterocycles. The second-order valence-corrected chi connectivity index (χ2v) is 4.18. The molecule has 0 spiro atoms. The Kier molecular flexibility index (Phi) is 6.49. The highest BCUT2D eigenvalue weighted by molar-refractivity contribution is 5.77. The minimum absolute atomic E-state index is 0.0669. The van der Waals surface area contributed by atoms with Gasteiger partial charge in [-0.05, 0) is 20.3 Å². The third-order valence-electron chi connectivity index (χ3n) is 1.56. The van der Waals surface area contributed by atoms with Crippen molar-refractivity contribution >= 4 is 5.91 Å². The maximum absolute atomic E-state index is 11.1. The monoisotopic (exact) mass is 202 g/mol. The van der Waals surface area contributed by atoms with Gasteiger partial charge in [0.05, 0.1) is 6.61 Å². The fraction of sp³-hybridized carbons (Fsp3) is 0.900. The molecule has 0 radical (unpaired) electrons. The predicted octanol–water partition coefficient (Wildman–Crippen LogP) is 0.657. The molecule has 0 aromatic carbocycles. The van der Waals surface area contributed by atoms with E-state index in [-0.39, 0.29) is 18.1 Å². The average molecular weight is 202 g/mol. The third kappa shape index (κ3) is 9.48. The number of ether oxygens (including phenoxy) is 1. The maximum Gasteiger partial charge on any atom is 0.245 e. The molecule has 0 aromatic heterocycles. The summed E-state index contributed by atoms with van der Waals surface area (Å²) in [5.41, 5.74) is 5.32. The second kappa shape index (κ2) is 6.79. The Morgan fingerprint density at radius 2 is 2.14 bits per heavy atom. The molecule has 3 N–H and O–H groups in total. The maximum atomic E-state index is 11.1. The highest BCUT2D eigenvalue weighted by Crippen LogP contribution is 1.96. The first-order valence-electron chi connectivity index (χ1n) is 5.09. The lowest BCUT2D eigenvalue weighted by molar-refractivity contribution is -0.126. The Balaban J connectivity index is 3.36. The van der Waals surface area contributed by atoms with E-state index in [1.54, 1.807) is 0 Å². The van der Waals surface area contributed by atoms with Crippen molar-refractivity contribution in [2.45, 2.75) is 39.2 Å². The molecule has 4 nitrogen and oxygen atoms in total. The number of hydrogen-bond donors (Lipinski definition) is 2. The lowest BCUT2D eigenvalue weighted by Gasteiger charge is -2.17. The van der Waals surface area contributed by atoms with Crippen LogP contribution in [-0.4, -0.2) is 31.2 Å². The van der Waals surface area contributed by atoms with E-state index in [4.69, 9.17) is 10.5 Å². The fourth-order valence-corrected chi connectivity index (χ4v) is 0.862. The summed E-state index contributed by atoms with van der Waals surface area (Å²) in [4.78, 5) is 11.1. The number of rotatable bonds is 7. The van der Waals surface area contributed by atoms with Gasteiger partial charge in [0.1, 0.15) is 6.61 Å². The molecular weight excluding hydrogens is 180 g/mol. The van der Waals surface area contributed by atoms with Crippen LogP contribution in [0.3, 0.4) is 0 Å². The van der Waals surface area contributed by atoms with Crippen molar-refractivity contribution in [3.8, 4) is 0 Å². The molecular formula is C10H22N2O2. The van der Waals surface area contributed by atoms with Crippen molar-refractivity contribution in [2.24, 2.45) is 5.73 Å². The van der Waals surface area contributed by atoms with Gasteiger partial charge in [-0.15, -0.1) is 0 Å². The number of nitrogens with one attached hydrogen (secondary N) is 1. The van der Waals surface area contributed by atoms with Crippen LogP contribution < -0.4 is 11.1 Å². The molecule has 0 rings (SSSR count). The lowest BCUT2D eigenvalue weighted by atomic mass is 10.1. The molecule has 0 atom stereocenters. The molecule has 0 bridgehead atoms. The van der Waals surface area contributed by atoms with Crippen LogP contribution in [-0.2, 0) is 9.53 Å². The number of unbranched alkanes of at least 4 members (excludes halogenated alkanes) is 1. The molecule has 0 aliphatic rings. The van der Waals surface area contributed by atoms with Crippen LogP contribution in [0.25, 0.3) is 0 Å². The Morgan fingerprint density at radius 3 is 2.64 bits per heavy atom. The van der Waals surface area contributed by atoms with Gasteiger partial charge in [-0.25, -0.2) is 0 Å². The molecule has 0 saturated heterocycles. The highest BCUT2D eigenvalue weighted by Gasteiger charge is 2.11. The summed E-state index contributed by atoms with van der Waals surface area (Å²) in [5.74, 6) is -0.0669. The van der Waals surface area contributed by atoms with E-state index in [0.717, 1.165) is 19.4 Å². The van der Waals surface area contributed by atoms with Crippen LogP contribution in [0.5, 0.6) is 0 Å². The highest BCUT2D eigenvalue weighted by atomic mass is 16.5. The van der Waals surface area contributed by atoms with Crippen LogP contribution >= 0.6 is 0 Å². The van der Waals surface area contributed by atoms with E-state index in [1.165, 1.54) is 0 Å².